The smallest absolute Gasteiger partial charge is 0.429 e. The minimum absolute atomic E-state index is 0.0836. The number of alkyl halides is 2. The second-order valence-electron chi connectivity index (χ2n) is 8.73. The summed E-state index contributed by atoms with van der Waals surface area (Å²) >= 11 is 0.705. The van der Waals surface area contributed by atoms with E-state index in [9.17, 15) is 39.5 Å². The molecule has 1 nitrogen and oxygen atoms in total. The number of thioether (sulfide) groups is 1. The van der Waals surface area contributed by atoms with Gasteiger partial charge >= 0.3 is 6.11 Å². The second kappa shape index (κ2) is 12.3. The van der Waals surface area contributed by atoms with Crippen LogP contribution in [0.15, 0.2) is 78.0 Å². The van der Waals surface area contributed by atoms with Gasteiger partial charge in [-0.2, -0.15) is 13.2 Å². The van der Waals surface area contributed by atoms with E-state index in [1.54, 1.807) is 6.92 Å². The van der Waals surface area contributed by atoms with Crippen LogP contribution in [0.25, 0.3) is 28.1 Å². The van der Waals surface area contributed by atoms with Crippen molar-refractivity contribution in [3.8, 4) is 28.0 Å². The SMILES string of the molecule is CCCS/C(F)=C(\F)c1ccc(-c2cc(F)c(C(F)(F)Oc3ccc(-c4cc(F)c(F)c(F)c4)cc3)c(F)c2)cc1. The van der Waals surface area contributed by atoms with Crippen molar-refractivity contribution in [2.75, 3.05) is 5.75 Å². The van der Waals surface area contributed by atoms with Crippen molar-refractivity contribution in [1.29, 1.82) is 0 Å². The highest BCUT2D eigenvalue weighted by atomic mass is 32.2. The highest BCUT2D eigenvalue weighted by molar-refractivity contribution is 8.03. The quantitative estimate of drug-likeness (QED) is 0.140. The van der Waals surface area contributed by atoms with Gasteiger partial charge in [-0.1, -0.05) is 55.1 Å². The normalized spacial score (nSPS) is 12.3. The summed E-state index contributed by atoms with van der Waals surface area (Å²) in [5.74, 6) is -9.07. The molecule has 41 heavy (non-hydrogen) atoms. The van der Waals surface area contributed by atoms with Crippen molar-refractivity contribution in [2.24, 2.45) is 0 Å². The maximum absolute atomic E-state index is 14.8. The van der Waals surface area contributed by atoms with Crippen LogP contribution < -0.4 is 4.74 Å². The van der Waals surface area contributed by atoms with Gasteiger partial charge in [0, 0.05) is 11.3 Å². The Labute approximate surface area is 233 Å². The molecular weight excluding hydrogens is 579 g/mol. The Morgan fingerprint density at radius 1 is 0.683 bits per heavy atom. The minimum atomic E-state index is -4.48. The molecule has 0 aliphatic carbocycles. The monoisotopic (exact) mass is 598 g/mol. The van der Waals surface area contributed by atoms with Crippen LogP contribution in [0.3, 0.4) is 0 Å². The van der Waals surface area contributed by atoms with Gasteiger partial charge in [0.1, 0.15) is 22.9 Å². The third kappa shape index (κ3) is 6.73. The molecule has 0 aromatic heterocycles. The Hall–Kier alpha value is -3.86. The van der Waals surface area contributed by atoms with Gasteiger partial charge in [-0.3, -0.25) is 0 Å². The van der Waals surface area contributed by atoms with Crippen molar-refractivity contribution >= 4 is 17.6 Å². The maximum Gasteiger partial charge on any atom is 0.432 e. The molecule has 0 heterocycles. The summed E-state index contributed by atoms with van der Waals surface area (Å²) < 4.78 is 132. The van der Waals surface area contributed by atoms with Gasteiger partial charge < -0.3 is 4.74 Å². The van der Waals surface area contributed by atoms with Crippen LogP contribution >= 0.6 is 11.8 Å². The lowest BCUT2D eigenvalue weighted by Gasteiger charge is -2.20. The van der Waals surface area contributed by atoms with Crippen LogP contribution in [0.1, 0.15) is 24.5 Å². The summed E-state index contributed by atoms with van der Waals surface area (Å²) in [5.41, 5.74) is -1.72. The van der Waals surface area contributed by atoms with E-state index in [1.807, 2.05) is 0 Å². The first kappa shape index (κ1) is 30.1. The highest BCUT2D eigenvalue weighted by Crippen LogP contribution is 2.38. The Kier molecular flexibility index (Phi) is 9.06. The standard InChI is InChI=1S/C30H19F9OS/c1-2-11-41-29(37)27(35)18-5-3-16(4-6-18)19-12-22(31)26(23(32)13-19)30(38,39)40-21-9-7-17(8-10-21)20-14-24(33)28(36)25(34)15-20/h3-10,12-15H,2,11H2,1H3/b29-27-. The summed E-state index contributed by atoms with van der Waals surface area (Å²) in [6.45, 7) is 1.81. The second-order valence-corrected chi connectivity index (χ2v) is 9.78. The first-order chi connectivity index (χ1) is 19.4. The molecule has 0 N–H and O–H groups in total. The summed E-state index contributed by atoms with van der Waals surface area (Å²) in [5, 5.41) is -1.00. The van der Waals surface area contributed by atoms with Gasteiger partial charge in [0.2, 0.25) is 0 Å². The van der Waals surface area contributed by atoms with E-state index in [4.69, 9.17) is 0 Å². The molecule has 0 spiro atoms. The molecule has 0 amide bonds. The Balaban J connectivity index is 1.55. The zero-order chi connectivity index (χ0) is 29.9. The van der Waals surface area contributed by atoms with Crippen molar-refractivity contribution in [3.63, 3.8) is 0 Å². The van der Waals surface area contributed by atoms with Crippen LogP contribution in [-0.2, 0) is 6.11 Å². The Bertz CT molecular complexity index is 1540. The van der Waals surface area contributed by atoms with Crippen LogP contribution in [0, 0.1) is 29.1 Å². The minimum Gasteiger partial charge on any atom is -0.429 e. The van der Waals surface area contributed by atoms with E-state index in [0.717, 1.165) is 24.3 Å². The average molecular weight is 599 g/mol. The predicted octanol–water partition coefficient (Wildman–Crippen LogP) is 10.6. The van der Waals surface area contributed by atoms with Gasteiger partial charge in [0.05, 0.1) is 0 Å². The Morgan fingerprint density at radius 3 is 1.63 bits per heavy atom. The predicted molar refractivity (Wildman–Crippen MR) is 140 cm³/mol. The average Bonchev–Trinajstić information content (AvgIpc) is 2.93. The van der Waals surface area contributed by atoms with Crippen molar-refractivity contribution in [1.82, 2.24) is 0 Å². The molecule has 0 aliphatic rings. The first-order valence-electron chi connectivity index (χ1n) is 12.0. The molecule has 0 unspecified atom stereocenters. The zero-order valence-corrected chi connectivity index (χ0v) is 21.9. The lowest BCUT2D eigenvalue weighted by Crippen LogP contribution is -2.25. The fraction of sp³-hybridized carbons (Fsp3) is 0.133. The topological polar surface area (TPSA) is 9.23 Å². The number of halogens is 9. The molecule has 0 bridgehead atoms. The molecule has 0 saturated heterocycles. The number of rotatable bonds is 9. The largest absolute Gasteiger partial charge is 0.432 e. The van der Waals surface area contributed by atoms with Crippen molar-refractivity contribution in [3.05, 3.63) is 118 Å². The van der Waals surface area contributed by atoms with Crippen molar-refractivity contribution < 1.29 is 44.3 Å². The van der Waals surface area contributed by atoms with E-state index >= 15 is 0 Å². The summed E-state index contributed by atoms with van der Waals surface area (Å²) in [4.78, 5) is 0. The number of hydrogen-bond donors (Lipinski definition) is 0. The number of benzene rings is 4. The van der Waals surface area contributed by atoms with Gasteiger partial charge in [0.15, 0.2) is 28.4 Å². The van der Waals surface area contributed by atoms with Crippen molar-refractivity contribution in [2.45, 2.75) is 19.5 Å². The molecule has 4 aromatic rings. The molecular formula is C30H19F9OS. The third-order valence-corrected chi connectivity index (χ3v) is 6.87. The molecule has 0 saturated carbocycles. The van der Waals surface area contributed by atoms with Crippen LogP contribution in [0.2, 0.25) is 0 Å². The molecule has 0 radical (unpaired) electrons. The van der Waals surface area contributed by atoms with E-state index in [0.29, 0.717) is 48.2 Å². The van der Waals surface area contributed by atoms with E-state index in [2.05, 4.69) is 4.74 Å². The van der Waals surface area contributed by atoms with Gasteiger partial charge in [-0.05, 0) is 65.1 Å². The summed E-state index contributed by atoms with van der Waals surface area (Å²) in [6.07, 6.45) is -3.84. The molecule has 0 atom stereocenters. The third-order valence-electron chi connectivity index (χ3n) is 5.83. The Morgan fingerprint density at radius 2 is 1.15 bits per heavy atom. The molecule has 4 rings (SSSR count). The van der Waals surface area contributed by atoms with Crippen LogP contribution in [0.5, 0.6) is 5.75 Å². The van der Waals surface area contributed by atoms with Gasteiger partial charge in [-0.25, -0.2) is 26.3 Å². The van der Waals surface area contributed by atoms with E-state index in [-0.39, 0.29) is 27.8 Å². The molecule has 11 heteroatoms. The number of ether oxygens (including phenoxy) is 1. The highest BCUT2D eigenvalue weighted by Gasteiger charge is 2.41. The lowest BCUT2D eigenvalue weighted by molar-refractivity contribution is -0.189. The van der Waals surface area contributed by atoms with Crippen LogP contribution in [-0.4, -0.2) is 5.75 Å². The molecule has 0 fully saturated rings. The molecule has 0 aliphatic heterocycles. The van der Waals surface area contributed by atoms with Gasteiger partial charge in [0.25, 0.3) is 0 Å². The van der Waals surface area contributed by atoms with Gasteiger partial charge in [-0.15, -0.1) is 0 Å². The summed E-state index contributed by atoms with van der Waals surface area (Å²) in [6, 6.07) is 11.9. The zero-order valence-electron chi connectivity index (χ0n) is 21.1. The maximum atomic E-state index is 14.8. The molecule has 214 valence electrons. The number of hydrogen-bond acceptors (Lipinski definition) is 2. The lowest BCUT2D eigenvalue weighted by atomic mass is 10.0. The first-order valence-corrected chi connectivity index (χ1v) is 13.0. The fourth-order valence-corrected chi connectivity index (χ4v) is 4.46. The van der Waals surface area contributed by atoms with E-state index in [1.165, 1.54) is 24.3 Å². The summed E-state index contributed by atoms with van der Waals surface area (Å²) in [7, 11) is 0. The van der Waals surface area contributed by atoms with E-state index < -0.39 is 57.5 Å². The molecule has 4 aromatic carbocycles. The fourth-order valence-electron chi connectivity index (χ4n) is 3.83. The van der Waals surface area contributed by atoms with Crippen LogP contribution in [0.4, 0.5) is 39.5 Å².